The lowest BCUT2D eigenvalue weighted by atomic mass is 9.44. The maximum Gasteiger partial charge on any atom is 0.303 e. The number of nitrogens with one attached hydrogen (secondary N) is 2. The number of carbonyl (C=O) groups is 2. The van der Waals surface area contributed by atoms with Crippen LogP contribution < -0.4 is 10.0 Å². The number of fused-ring (bicyclic) bond motifs is 3. The monoisotopic (exact) mass is 518 g/mol. The molecular formula is C26H34N2O5S2. The van der Waals surface area contributed by atoms with E-state index in [0.29, 0.717) is 35.4 Å². The molecule has 35 heavy (non-hydrogen) atoms. The summed E-state index contributed by atoms with van der Waals surface area (Å²) < 4.78 is 26.7. The quantitative estimate of drug-likeness (QED) is 0.294. The van der Waals surface area contributed by atoms with E-state index in [4.69, 9.17) is 5.11 Å². The topological polar surface area (TPSA) is 113 Å². The average Bonchev–Trinajstić information content (AvgIpc) is 3.18. The Bertz CT molecular complexity index is 1250. The number of amides is 1. The maximum atomic E-state index is 13.5. The molecule has 0 radical (unpaired) electrons. The van der Waals surface area contributed by atoms with Gasteiger partial charge >= 0.3 is 5.97 Å². The molecule has 3 N–H and O–H groups in total. The summed E-state index contributed by atoms with van der Waals surface area (Å²) in [5.41, 5.74) is 1.21. The van der Waals surface area contributed by atoms with Crippen molar-refractivity contribution in [2.24, 2.45) is 23.2 Å². The van der Waals surface area contributed by atoms with Gasteiger partial charge in [-0.2, -0.15) is 0 Å². The van der Waals surface area contributed by atoms with Crippen LogP contribution >= 0.6 is 11.3 Å². The van der Waals surface area contributed by atoms with Crippen LogP contribution in [0.25, 0.3) is 10.1 Å². The number of hydrogen-bond acceptors (Lipinski definition) is 5. The second-order valence-corrected chi connectivity index (χ2v) is 13.2. The molecule has 1 heterocycles. The highest BCUT2D eigenvalue weighted by Crippen LogP contribution is 2.61. The summed E-state index contributed by atoms with van der Waals surface area (Å²) in [6, 6.07) is 5.34. The van der Waals surface area contributed by atoms with Gasteiger partial charge in [0.15, 0.2) is 0 Å². The van der Waals surface area contributed by atoms with E-state index in [1.807, 2.05) is 11.4 Å². The molecule has 9 heteroatoms. The van der Waals surface area contributed by atoms with E-state index in [1.165, 1.54) is 11.3 Å². The molecule has 0 saturated heterocycles. The molecule has 4 atom stereocenters. The molecule has 2 bridgehead atoms. The summed E-state index contributed by atoms with van der Waals surface area (Å²) >= 11 is 1.47. The standard InChI is InChI=1S/C26H34N2O5S2/c1-26(2)17-12-16(8-6-4-5-7-9-23(29)30)24(21(26)13-17)27-25(31)20-15-34-22-11-10-18(14-19(20)22)28-35(3,32)33/h4,6,10-11,14-17,21,24,28H,5,7-9,12-13H2,1-3H3,(H,27,31)(H,29,30)/b6-4+/t16-,17-,21-,24+/m0/s1. The molecule has 7 nitrogen and oxygen atoms in total. The van der Waals surface area contributed by atoms with Crippen molar-refractivity contribution in [2.75, 3.05) is 11.0 Å². The zero-order valence-electron chi connectivity index (χ0n) is 20.4. The Morgan fingerprint density at radius 2 is 2.00 bits per heavy atom. The zero-order valence-corrected chi connectivity index (χ0v) is 22.0. The molecule has 3 fully saturated rings. The lowest BCUT2D eigenvalue weighted by Crippen LogP contribution is -2.63. The van der Waals surface area contributed by atoms with E-state index >= 15 is 0 Å². The minimum atomic E-state index is -3.41. The van der Waals surface area contributed by atoms with E-state index in [2.05, 4.69) is 36.0 Å². The summed E-state index contributed by atoms with van der Waals surface area (Å²) in [6.07, 6.45) is 9.95. The van der Waals surface area contributed by atoms with Gasteiger partial charge in [0.05, 0.1) is 11.8 Å². The molecule has 3 aliphatic rings. The minimum Gasteiger partial charge on any atom is -0.481 e. The van der Waals surface area contributed by atoms with E-state index in [9.17, 15) is 18.0 Å². The molecule has 2 aromatic rings. The van der Waals surface area contributed by atoms with Gasteiger partial charge in [0.2, 0.25) is 10.0 Å². The van der Waals surface area contributed by atoms with Crippen molar-refractivity contribution >= 4 is 49.0 Å². The first-order chi connectivity index (χ1) is 16.5. The van der Waals surface area contributed by atoms with Gasteiger partial charge in [0.1, 0.15) is 0 Å². The van der Waals surface area contributed by atoms with Crippen LogP contribution in [0.4, 0.5) is 5.69 Å². The molecule has 1 amide bonds. The molecular weight excluding hydrogens is 484 g/mol. The Morgan fingerprint density at radius 3 is 2.69 bits per heavy atom. The van der Waals surface area contributed by atoms with Gasteiger partial charge in [-0.15, -0.1) is 11.3 Å². The predicted octanol–water partition coefficient (Wildman–Crippen LogP) is 5.25. The zero-order chi connectivity index (χ0) is 25.4. The number of sulfonamides is 1. The number of anilines is 1. The lowest BCUT2D eigenvalue weighted by molar-refractivity contribution is -0.137. The molecule has 0 unspecified atom stereocenters. The van der Waals surface area contributed by atoms with Crippen LogP contribution in [-0.4, -0.2) is 37.7 Å². The van der Waals surface area contributed by atoms with Crippen LogP contribution in [0.1, 0.15) is 62.7 Å². The van der Waals surface area contributed by atoms with E-state index in [0.717, 1.165) is 42.0 Å². The average molecular weight is 519 g/mol. The highest BCUT2D eigenvalue weighted by Gasteiger charge is 2.57. The molecule has 0 aliphatic heterocycles. The molecule has 3 aliphatic carbocycles. The number of unbranched alkanes of at least 4 members (excludes halogenated alkanes) is 1. The van der Waals surface area contributed by atoms with Crippen molar-refractivity contribution in [3.63, 3.8) is 0 Å². The van der Waals surface area contributed by atoms with Crippen molar-refractivity contribution in [2.45, 2.75) is 58.4 Å². The van der Waals surface area contributed by atoms with Gasteiger partial charge in [-0.1, -0.05) is 26.0 Å². The van der Waals surface area contributed by atoms with Crippen molar-refractivity contribution in [3.05, 3.63) is 41.3 Å². The first kappa shape index (κ1) is 25.7. The number of carbonyl (C=O) groups excluding carboxylic acids is 1. The van der Waals surface area contributed by atoms with Crippen molar-refractivity contribution < 1.29 is 23.1 Å². The molecule has 1 aromatic carbocycles. The number of carboxylic acids is 1. The van der Waals surface area contributed by atoms with Gasteiger partial charge in [-0.3, -0.25) is 14.3 Å². The van der Waals surface area contributed by atoms with Gasteiger partial charge in [-0.05, 0) is 73.5 Å². The Labute approximate surface area is 211 Å². The smallest absolute Gasteiger partial charge is 0.303 e. The number of aliphatic carboxylic acids is 1. The second-order valence-electron chi connectivity index (χ2n) is 10.6. The number of thiophene rings is 1. The summed E-state index contributed by atoms with van der Waals surface area (Å²) in [6.45, 7) is 4.60. The summed E-state index contributed by atoms with van der Waals surface area (Å²) in [5, 5.41) is 14.7. The largest absolute Gasteiger partial charge is 0.481 e. The SMILES string of the molecule is CC1(C)[C@H]2C[C@H](C/C=C/CCCC(=O)O)[C@@H](NC(=O)c3csc4ccc(NS(C)(=O)=O)cc34)[C@@H]1C2. The van der Waals surface area contributed by atoms with Gasteiger partial charge in [0.25, 0.3) is 5.91 Å². The lowest BCUT2D eigenvalue weighted by Gasteiger charge is -2.62. The number of benzene rings is 1. The molecule has 190 valence electrons. The fourth-order valence-corrected chi connectivity index (χ4v) is 7.32. The summed E-state index contributed by atoms with van der Waals surface area (Å²) in [4.78, 5) is 24.2. The first-order valence-corrected chi connectivity index (χ1v) is 14.9. The fraction of sp³-hybridized carbons (Fsp3) is 0.538. The Hall–Kier alpha value is -2.39. The molecule has 3 saturated carbocycles. The normalized spacial score (nSPS) is 25.3. The van der Waals surface area contributed by atoms with Crippen molar-refractivity contribution in [3.8, 4) is 0 Å². The summed E-state index contributed by atoms with van der Waals surface area (Å²) in [7, 11) is -3.41. The highest BCUT2D eigenvalue weighted by molar-refractivity contribution is 7.92. The van der Waals surface area contributed by atoms with Crippen LogP contribution in [0, 0.1) is 23.2 Å². The molecule has 1 aromatic heterocycles. The van der Waals surface area contributed by atoms with Crippen molar-refractivity contribution in [1.29, 1.82) is 0 Å². The minimum absolute atomic E-state index is 0.0680. The Kier molecular flexibility index (Phi) is 7.29. The second kappa shape index (κ2) is 9.93. The molecule has 5 rings (SSSR count). The number of hydrogen-bond donors (Lipinski definition) is 3. The Morgan fingerprint density at radius 1 is 1.23 bits per heavy atom. The van der Waals surface area contributed by atoms with Gasteiger partial charge < -0.3 is 10.4 Å². The highest BCUT2D eigenvalue weighted by atomic mass is 32.2. The predicted molar refractivity (Wildman–Crippen MR) is 140 cm³/mol. The molecule has 0 spiro atoms. The third-order valence-corrected chi connectivity index (χ3v) is 9.43. The van der Waals surface area contributed by atoms with Crippen LogP contribution in [0.2, 0.25) is 0 Å². The number of carboxylic acid groups (broad SMARTS) is 1. The Balaban J connectivity index is 1.49. The number of allylic oxidation sites excluding steroid dienone is 2. The van der Waals surface area contributed by atoms with Crippen LogP contribution in [0.5, 0.6) is 0 Å². The van der Waals surface area contributed by atoms with E-state index in [-0.39, 0.29) is 23.8 Å². The van der Waals surface area contributed by atoms with Crippen LogP contribution in [-0.2, 0) is 14.8 Å². The summed E-state index contributed by atoms with van der Waals surface area (Å²) in [5.74, 6) is 0.546. The van der Waals surface area contributed by atoms with Gasteiger partial charge in [0, 0.05) is 33.6 Å². The number of rotatable bonds is 10. The fourth-order valence-electron chi connectivity index (χ4n) is 5.84. The maximum absolute atomic E-state index is 13.5. The third-order valence-electron chi connectivity index (χ3n) is 7.86. The third kappa shape index (κ3) is 5.72. The van der Waals surface area contributed by atoms with E-state index < -0.39 is 16.0 Å². The van der Waals surface area contributed by atoms with Gasteiger partial charge in [-0.25, -0.2) is 8.42 Å². The van der Waals surface area contributed by atoms with Crippen LogP contribution in [0.15, 0.2) is 35.7 Å². The van der Waals surface area contributed by atoms with E-state index in [1.54, 1.807) is 12.1 Å². The van der Waals surface area contributed by atoms with Crippen molar-refractivity contribution in [1.82, 2.24) is 5.32 Å². The first-order valence-electron chi connectivity index (χ1n) is 12.1. The van der Waals surface area contributed by atoms with Crippen LogP contribution in [0.3, 0.4) is 0 Å².